The smallest absolute Gasteiger partial charge is 0.0942 e. The average molecular weight is 276 g/mol. The molecule has 0 aromatic heterocycles. The van der Waals surface area contributed by atoms with Crippen molar-refractivity contribution in [2.75, 3.05) is 27.7 Å². The van der Waals surface area contributed by atoms with Crippen LogP contribution in [0, 0.1) is 0 Å². The lowest BCUT2D eigenvalue weighted by Gasteiger charge is -2.50. The third kappa shape index (κ3) is 3.05. The van der Waals surface area contributed by atoms with Gasteiger partial charge in [0.05, 0.1) is 6.10 Å². The molecule has 0 saturated heterocycles. The Morgan fingerprint density at radius 1 is 1.15 bits per heavy atom. The summed E-state index contributed by atoms with van der Waals surface area (Å²) in [4.78, 5) is 4.66. The van der Waals surface area contributed by atoms with Crippen molar-refractivity contribution in [2.24, 2.45) is 0 Å². The molecule has 20 heavy (non-hydrogen) atoms. The molecule has 2 unspecified atom stereocenters. The molecule has 1 aliphatic rings. The average Bonchev–Trinajstić information content (AvgIpc) is 2.41. The molecule has 1 aliphatic carbocycles. The van der Waals surface area contributed by atoms with E-state index in [1.807, 2.05) is 30.3 Å². The van der Waals surface area contributed by atoms with Gasteiger partial charge in [0, 0.05) is 18.1 Å². The van der Waals surface area contributed by atoms with Crippen molar-refractivity contribution in [1.82, 2.24) is 9.80 Å². The van der Waals surface area contributed by atoms with Gasteiger partial charge in [0.1, 0.15) is 0 Å². The summed E-state index contributed by atoms with van der Waals surface area (Å²) in [5.41, 5.74) is 1.30. The quantitative estimate of drug-likeness (QED) is 0.865. The maximum absolute atomic E-state index is 10.5. The van der Waals surface area contributed by atoms with Crippen molar-refractivity contribution < 1.29 is 5.11 Å². The summed E-state index contributed by atoms with van der Waals surface area (Å²) in [7, 11) is 6.47. The first kappa shape index (κ1) is 15.5. The summed E-state index contributed by atoms with van der Waals surface area (Å²) in [6.45, 7) is 3.13. The van der Waals surface area contributed by atoms with Crippen LogP contribution in [0.2, 0.25) is 0 Å². The molecule has 0 radical (unpaired) electrons. The number of benzene rings is 1. The molecule has 0 heterocycles. The largest absolute Gasteiger partial charge is 0.387 e. The Hall–Kier alpha value is -0.900. The lowest BCUT2D eigenvalue weighted by Crippen LogP contribution is -2.58. The zero-order chi connectivity index (χ0) is 14.8. The Morgan fingerprint density at radius 3 is 2.20 bits per heavy atom. The summed E-state index contributed by atoms with van der Waals surface area (Å²) in [6.07, 6.45) is 3.42. The number of aliphatic hydroxyl groups is 1. The molecule has 3 nitrogen and oxygen atoms in total. The van der Waals surface area contributed by atoms with Crippen LogP contribution in [0.25, 0.3) is 0 Å². The summed E-state index contributed by atoms with van der Waals surface area (Å²) in [6, 6.07) is 10.1. The first-order chi connectivity index (χ1) is 9.46. The standard InChI is InChI=1S/C17H28N2O/c1-14(16(20)15-9-6-5-7-10-15)19(4)13-17(18(2)3)11-8-12-17/h5-7,9-10,14,16,20H,8,11-13H2,1-4H3. The van der Waals surface area contributed by atoms with Crippen LogP contribution in [0.5, 0.6) is 0 Å². The molecule has 1 aromatic carbocycles. The van der Waals surface area contributed by atoms with Crippen LogP contribution in [0.1, 0.15) is 37.9 Å². The third-order valence-electron chi connectivity index (χ3n) is 5.07. The maximum atomic E-state index is 10.5. The van der Waals surface area contributed by atoms with Crippen molar-refractivity contribution in [1.29, 1.82) is 0 Å². The predicted molar refractivity (Wildman–Crippen MR) is 83.8 cm³/mol. The molecule has 1 N–H and O–H groups in total. The fourth-order valence-electron chi connectivity index (χ4n) is 3.11. The number of aliphatic hydroxyl groups excluding tert-OH is 1. The summed E-state index contributed by atoms with van der Waals surface area (Å²) >= 11 is 0. The third-order valence-corrected chi connectivity index (χ3v) is 5.07. The van der Waals surface area contributed by atoms with Crippen molar-refractivity contribution >= 4 is 0 Å². The summed E-state index contributed by atoms with van der Waals surface area (Å²) in [5.74, 6) is 0. The molecule has 0 bridgehead atoms. The van der Waals surface area contributed by atoms with Crippen LogP contribution in [-0.2, 0) is 0 Å². The fraction of sp³-hybridized carbons (Fsp3) is 0.647. The van der Waals surface area contributed by atoms with Gasteiger partial charge in [-0.1, -0.05) is 30.3 Å². The van der Waals surface area contributed by atoms with Gasteiger partial charge in [0.15, 0.2) is 0 Å². The number of rotatable bonds is 6. The second-order valence-corrected chi connectivity index (χ2v) is 6.48. The molecule has 1 aromatic rings. The second kappa shape index (κ2) is 6.25. The minimum absolute atomic E-state index is 0.120. The number of nitrogens with zero attached hydrogens (tertiary/aromatic N) is 2. The molecule has 2 rings (SSSR count). The second-order valence-electron chi connectivity index (χ2n) is 6.48. The highest BCUT2D eigenvalue weighted by molar-refractivity contribution is 5.18. The van der Waals surface area contributed by atoms with Gasteiger partial charge in [-0.25, -0.2) is 0 Å². The Balaban J connectivity index is 2.00. The van der Waals surface area contributed by atoms with E-state index in [2.05, 4.69) is 37.9 Å². The van der Waals surface area contributed by atoms with Gasteiger partial charge < -0.3 is 10.0 Å². The Morgan fingerprint density at radius 2 is 1.75 bits per heavy atom. The Labute approximate surface area is 123 Å². The van der Waals surface area contributed by atoms with Crippen molar-refractivity contribution in [3.05, 3.63) is 35.9 Å². The van der Waals surface area contributed by atoms with Gasteiger partial charge in [-0.3, -0.25) is 4.90 Å². The van der Waals surface area contributed by atoms with Gasteiger partial charge in [-0.2, -0.15) is 0 Å². The normalized spacial score (nSPS) is 20.8. The predicted octanol–water partition coefficient (Wildman–Crippen LogP) is 2.52. The molecule has 0 aliphatic heterocycles. The zero-order valence-electron chi connectivity index (χ0n) is 13.2. The van der Waals surface area contributed by atoms with Crippen LogP contribution >= 0.6 is 0 Å². The highest BCUT2D eigenvalue weighted by Gasteiger charge is 2.40. The van der Waals surface area contributed by atoms with Gasteiger partial charge in [-0.15, -0.1) is 0 Å². The van der Waals surface area contributed by atoms with Crippen molar-refractivity contribution in [3.63, 3.8) is 0 Å². The molecular weight excluding hydrogens is 248 g/mol. The molecular formula is C17H28N2O. The van der Waals surface area contributed by atoms with E-state index in [4.69, 9.17) is 0 Å². The van der Waals surface area contributed by atoms with Gasteiger partial charge in [0.25, 0.3) is 0 Å². The van der Waals surface area contributed by atoms with Gasteiger partial charge in [0.2, 0.25) is 0 Å². The van der Waals surface area contributed by atoms with E-state index in [1.165, 1.54) is 19.3 Å². The lowest BCUT2D eigenvalue weighted by atomic mass is 9.75. The highest BCUT2D eigenvalue weighted by atomic mass is 16.3. The Kier molecular flexibility index (Phi) is 4.84. The minimum atomic E-state index is -0.430. The van der Waals surface area contributed by atoms with E-state index >= 15 is 0 Å². The monoisotopic (exact) mass is 276 g/mol. The molecule has 1 saturated carbocycles. The van der Waals surface area contributed by atoms with E-state index in [-0.39, 0.29) is 6.04 Å². The Bertz CT molecular complexity index is 414. The van der Waals surface area contributed by atoms with Crippen LogP contribution in [0.3, 0.4) is 0 Å². The molecule has 0 amide bonds. The molecule has 112 valence electrons. The molecule has 1 fully saturated rings. The topological polar surface area (TPSA) is 26.7 Å². The molecule has 0 spiro atoms. The SMILES string of the molecule is CC(C(O)c1ccccc1)N(C)CC1(N(C)C)CCC1. The summed E-state index contributed by atoms with van der Waals surface area (Å²) in [5, 5.41) is 10.5. The van der Waals surface area contributed by atoms with E-state index in [1.54, 1.807) is 0 Å². The van der Waals surface area contributed by atoms with E-state index in [0.717, 1.165) is 12.1 Å². The minimum Gasteiger partial charge on any atom is -0.387 e. The lowest BCUT2D eigenvalue weighted by molar-refractivity contribution is -0.00686. The molecule has 3 heteroatoms. The molecule has 2 atom stereocenters. The number of likely N-dealkylation sites (N-methyl/N-ethyl adjacent to an activating group) is 2. The van der Waals surface area contributed by atoms with Crippen LogP contribution < -0.4 is 0 Å². The highest BCUT2D eigenvalue weighted by Crippen LogP contribution is 2.37. The van der Waals surface area contributed by atoms with Crippen molar-refractivity contribution in [2.45, 2.75) is 43.9 Å². The van der Waals surface area contributed by atoms with Gasteiger partial charge in [-0.05, 0) is 52.9 Å². The van der Waals surface area contributed by atoms with Crippen LogP contribution in [0.15, 0.2) is 30.3 Å². The number of hydrogen-bond acceptors (Lipinski definition) is 3. The van der Waals surface area contributed by atoms with Crippen molar-refractivity contribution in [3.8, 4) is 0 Å². The number of hydrogen-bond donors (Lipinski definition) is 1. The van der Waals surface area contributed by atoms with E-state index < -0.39 is 6.10 Å². The van der Waals surface area contributed by atoms with Crippen LogP contribution in [-0.4, -0.2) is 54.2 Å². The van der Waals surface area contributed by atoms with Gasteiger partial charge >= 0.3 is 0 Å². The zero-order valence-corrected chi connectivity index (χ0v) is 13.2. The van der Waals surface area contributed by atoms with E-state index in [0.29, 0.717) is 5.54 Å². The maximum Gasteiger partial charge on any atom is 0.0942 e. The van der Waals surface area contributed by atoms with Crippen LogP contribution in [0.4, 0.5) is 0 Å². The fourth-order valence-corrected chi connectivity index (χ4v) is 3.11. The van der Waals surface area contributed by atoms with E-state index in [9.17, 15) is 5.11 Å². The first-order valence-electron chi connectivity index (χ1n) is 7.57. The first-order valence-corrected chi connectivity index (χ1v) is 7.57. The summed E-state index contributed by atoms with van der Waals surface area (Å²) < 4.78 is 0.